The van der Waals surface area contributed by atoms with Crippen molar-refractivity contribution in [2.45, 2.75) is 26.9 Å². The summed E-state index contributed by atoms with van der Waals surface area (Å²) in [6.07, 6.45) is 3.77. The van der Waals surface area contributed by atoms with Crippen molar-refractivity contribution in [2.24, 2.45) is 0 Å². The summed E-state index contributed by atoms with van der Waals surface area (Å²) in [6.45, 7) is 6.67. The van der Waals surface area contributed by atoms with Crippen LogP contribution in [-0.4, -0.2) is 28.5 Å². The molecule has 19 heavy (non-hydrogen) atoms. The van der Waals surface area contributed by atoms with Crippen LogP contribution in [0.15, 0.2) is 24.5 Å². The Labute approximate surface area is 113 Å². The lowest BCUT2D eigenvalue weighted by molar-refractivity contribution is -0.121. The number of amides is 1. The summed E-state index contributed by atoms with van der Waals surface area (Å²) in [7, 11) is 0. The van der Waals surface area contributed by atoms with E-state index in [0.717, 1.165) is 24.1 Å². The third kappa shape index (κ3) is 3.12. The number of carbonyl (C=O) groups excluding carboxylic acids is 1. The van der Waals surface area contributed by atoms with Gasteiger partial charge in [0.15, 0.2) is 0 Å². The van der Waals surface area contributed by atoms with Crippen molar-refractivity contribution in [3.05, 3.63) is 30.1 Å². The monoisotopic (exact) mass is 260 g/mol. The second kappa shape index (κ2) is 6.33. The Hall–Kier alpha value is -1.88. The molecular formula is C14H20N4O. The van der Waals surface area contributed by atoms with Crippen molar-refractivity contribution in [3.63, 3.8) is 0 Å². The molecule has 0 aliphatic rings. The second-order valence-corrected chi connectivity index (χ2v) is 4.39. The van der Waals surface area contributed by atoms with E-state index in [2.05, 4.69) is 22.5 Å². The normalized spacial score (nSPS) is 10.8. The fourth-order valence-corrected chi connectivity index (χ4v) is 2.12. The molecule has 102 valence electrons. The molecule has 0 fully saturated rings. The van der Waals surface area contributed by atoms with Crippen LogP contribution < -0.4 is 10.6 Å². The van der Waals surface area contributed by atoms with Gasteiger partial charge in [-0.3, -0.25) is 4.79 Å². The molecule has 2 heterocycles. The minimum Gasteiger partial charge on any atom is -0.355 e. The molecular weight excluding hydrogens is 240 g/mol. The van der Waals surface area contributed by atoms with Crippen molar-refractivity contribution >= 4 is 16.9 Å². The van der Waals surface area contributed by atoms with Gasteiger partial charge in [0.1, 0.15) is 12.2 Å². The van der Waals surface area contributed by atoms with Crippen molar-refractivity contribution in [3.8, 4) is 0 Å². The molecule has 0 bridgehead atoms. The maximum atomic E-state index is 11.7. The zero-order valence-corrected chi connectivity index (χ0v) is 11.4. The number of aromatic nitrogens is 2. The molecule has 2 aromatic rings. The van der Waals surface area contributed by atoms with Gasteiger partial charge in [0.05, 0.1) is 0 Å². The van der Waals surface area contributed by atoms with Gasteiger partial charge in [-0.25, -0.2) is 4.98 Å². The zero-order chi connectivity index (χ0) is 13.7. The van der Waals surface area contributed by atoms with Crippen molar-refractivity contribution in [1.82, 2.24) is 20.2 Å². The van der Waals surface area contributed by atoms with Crippen LogP contribution in [0, 0.1) is 0 Å². The van der Waals surface area contributed by atoms with Crippen LogP contribution >= 0.6 is 0 Å². The number of carbonyl (C=O) groups is 1. The van der Waals surface area contributed by atoms with Gasteiger partial charge in [0, 0.05) is 30.9 Å². The van der Waals surface area contributed by atoms with Crippen molar-refractivity contribution in [2.75, 3.05) is 13.1 Å². The lowest BCUT2D eigenvalue weighted by Gasteiger charge is -2.04. The molecule has 2 aromatic heterocycles. The molecule has 2 rings (SSSR count). The first-order valence-electron chi connectivity index (χ1n) is 6.66. The van der Waals surface area contributed by atoms with Crippen LogP contribution in [0.4, 0.5) is 0 Å². The molecule has 0 aliphatic heterocycles. The minimum absolute atomic E-state index is 0.0139. The first-order valence-corrected chi connectivity index (χ1v) is 6.66. The third-order valence-electron chi connectivity index (χ3n) is 2.97. The molecule has 2 N–H and O–H groups in total. The van der Waals surface area contributed by atoms with Gasteiger partial charge in [-0.1, -0.05) is 6.92 Å². The van der Waals surface area contributed by atoms with E-state index in [1.807, 2.05) is 29.8 Å². The molecule has 0 unspecified atom stereocenters. The largest absolute Gasteiger partial charge is 0.355 e. The fourth-order valence-electron chi connectivity index (χ4n) is 2.12. The predicted octanol–water partition coefficient (Wildman–Crippen LogP) is 1.28. The predicted molar refractivity (Wildman–Crippen MR) is 75.8 cm³/mol. The van der Waals surface area contributed by atoms with Crippen LogP contribution in [0.1, 0.15) is 19.4 Å². The summed E-state index contributed by atoms with van der Waals surface area (Å²) in [5, 5.41) is 7.22. The quantitative estimate of drug-likeness (QED) is 0.822. The van der Waals surface area contributed by atoms with E-state index in [1.165, 1.54) is 5.56 Å². The molecule has 0 aromatic carbocycles. The van der Waals surface area contributed by atoms with Gasteiger partial charge in [0.25, 0.3) is 0 Å². The van der Waals surface area contributed by atoms with E-state index in [1.54, 1.807) is 6.20 Å². The van der Waals surface area contributed by atoms with Gasteiger partial charge >= 0.3 is 0 Å². The molecule has 0 aliphatic carbocycles. The molecule has 0 atom stereocenters. The van der Waals surface area contributed by atoms with Crippen LogP contribution in [0.25, 0.3) is 11.0 Å². The number of rotatable bonds is 6. The Kier molecular flexibility index (Phi) is 4.52. The Balaban J connectivity index is 2.30. The highest BCUT2D eigenvalue weighted by molar-refractivity contribution is 5.83. The van der Waals surface area contributed by atoms with E-state index >= 15 is 0 Å². The number of nitrogens with one attached hydrogen (secondary N) is 2. The molecule has 0 saturated carbocycles. The first kappa shape index (κ1) is 13.5. The molecule has 5 heteroatoms. The maximum absolute atomic E-state index is 11.7. The number of hydrogen-bond acceptors (Lipinski definition) is 3. The highest BCUT2D eigenvalue weighted by Gasteiger charge is 2.11. The van der Waals surface area contributed by atoms with Crippen LogP contribution in [0.3, 0.4) is 0 Å². The van der Waals surface area contributed by atoms with E-state index in [4.69, 9.17) is 0 Å². The van der Waals surface area contributed by atoms with E-state index in [0.29, 0.717) is 13.1 Å². The Morgan fingerprint density at radius 2 is 2.21 bits per heavy atom. The standard InChI is InChI=1S/C14H20N4O/c1-3-15-8-11-9-18(10-13(19)16-4-2)14-12(11)6-5-7-17-14/h5-7,9,15H,3-4,8,10H2,1-2H3,(H,16,19). The van der Waals surface area contributed by atoms with E-state index in [-0.39, 0.29) is 5.91 Å². The summed E-state index contributed by atoms with van der Waals surface area (Å²) in [6, 6.07) is 3.97. The summed E-state index contributed by atoms with van der Waals surface area (Å²) in [5.41, 5.74) is 2.04. The van der Waals surface area contributed by atoms with Gasteiger partial charge in [-0.15, -0.1) is 0 Å². The third-order valence-corrected chi connectivity index (χ3v) is 2.97. The number of pyridine rings is 1. The summed E-state index contributed by atoms with van der Waals surface area (Å²) in [5.74, 6) is 0.0139. The highest BCUT2D eigenvalue weighted by atomic mass is 16.1. The summed E-state index contributed by atoms with van der Waals surface area (Å²) >= 11 is 0. The maximum Gasteiger partial charge on any atom is 0.239 e. The number of hydrogen-bond donors (Lipinski definition) is 2. The number of nitrogens with zero attached hydrogens (tertiary/aromatic N) is 2. The fraction of sp³-hybridized carbons (Fsp3) is 0.429. The van der Waals surface area contributed by atoms with Crippen LogP contribution in [0.2, 0.25) is 0 Å². The lowest BCUT2D eigenvalue weighted by Crippen LogP contribution is -2.26. The lowest BCUT2D eigenvalue weighted by atomic mass is 10.2. The second-order valence-electron chi connectivity index (χ2n) is 4.39. The first-order chi connectivity index (χ1) is 9.26. The average molecular weight is 260 g/mol. The van der Waals surface area contributed by atoms with Crippen LogP contribution in [0.5, 0.6) is 0 Å². The molecule has 1 amide bonds. The Morgan fingerprint density at radius 3 is 2.95 bits per heavy atom. The number of fused-ring (bicyclic) bond motifs is 1. The van der Waals surface area contributed by atoms with Gasteiger partial charge in [-0.05, 0) is 31.2 Å². The molecule has 5 nitrogen and oxygen atoms in total. The Bertz CT molecular complexity index is 562. The summed E-state index contributed by atoms with van der Waals surface area (Å²) in [4.78, 5) is 16.1. The van der Waals surface area contributed by atoms with Crippen molar-refractivity contribution < 1.29 is 4.79 Å². The topological polar surface area (TPSA) is 59.0 Å². The van der Waals surface area contributed by atoms with Gasteiger partial charge < -0.3 is 15.2 Å². The SMILES string of the molecule is CCNCc1cn(CC(=O)NCC)c2ncccc12. The minimum atomic E-state index is 0.0139. The van der Waals surface area contributed by atoms with E-state index < -0.39 is 0 Å². The van der Waals surface area contributed by atoms with Crippen LogP contribution in [-0.2, 0) is 17.9 Å². The smallest absolute Gasteiger partial charge is 0.239 e. The number of likely N-dealkylation sites (N-methyl/N-ethyl adjacent to an activating group) is 1. The van der Waals surface area contributed by atoms with Gasteiger partial charge in [-0.2, -0.15) is 0 Å². The molecule has 0 spiro atoms. The molecule has 0 radical (unpaired) electrons. The van der Waals surface area contributed by atoms with E-state index in [9.17, 15) is 4.79 Å². The average Bonchev–Trinajstić information content (AvgIpc) is 2.75. The molecule has 0 saturated heterocycles. The summed E-state index contributed by atoms with van der Waals surface area (Å²) < 4.78 is 1.91. The zero-order valence-electron chi connectivity index (χ0n) is 11.4. The van der Waals surface area contributed by atoms with Crippen molar-refractivity contribution in [1.29, 1.82) is 0 Å². The highest BCUT2D eigenvalue weighted by Crippen LogP contribution is 2.19. The Morgan fingerprint density at radius 1 is 1.37 bits per heavy atom. The van der Waals surface area contributed by atoms with Gasteiger partial charge in [0.2, 0.25) is 5.91 Å².